The molecule has 0 radical (unpaired) electrons. The molecule has 2 aromatic carbocycles. The van der Waals surface area contributed by atoms with Crippen molar-refractivity contribution in [3.8, 4) is 5.75 Å². The average Bonchev–Trinajstić information content (AvgIpc) is 3.23. The van der Waals surface area contributed by atoms with Gasteiger partial charge in [-0.1, -0.05) is 13.0 Å². The Kier molecular flexibility index (Phi) is 6.70. The van der Waals surface area contributed by atoms with Gasteiger partial charge < -0.3 is 25.6 Å². The second kappa shape index (κ2) is 9.88. The molecule has 0 spiro atoms. The van der Waals surface area contributed by atoms with E-state index in [0.29, 0.717) is 17.3 Å². The number of amides is 3. The minimum atomic E-state index is -0.309. The van der Waals surface area contributed by atoms with Crippen molar-refractivity contribution in [1.29, 1.82) is 0 Å². The lowest BCUT2D eigenvalue weighted by atomic mass is 9.83. The van der Waals surface area contributed by atoms with Gasteiger partial charge in [-0.3, -0.25) is 4.79 Å². The molecule has 3 atom stereocenters. The standard InChI is InChI=1S/C26H32N4O3S/c1-3-20-21-9-6-18(28-26(32)27-17-4-7-19(33-2)8-5-17)14-23(21)34-24(20)25(31)29-22-15-30-12-10-16(22)11-13-30/h4-9,14,16,20,22,24H,3,10-13,15H2,1-2H3,(H,29,31)(H2,27,28,32)/t20?,22-,24?/m0/s1. The van der Waals surface area contributed by atoms with E-state index in [-0.39, 0.29) is 29.1 Å². The fourth-order valence-electron chi connectivity index (χ4n) is 5.43. The molecular formula is C26H32N4O3S. The molecule has 7 nitrogen and oxygen atoms in total. The van der Waals surface area contributed by atoms with Crippen LogP contribution in [0.25, 0.3) is 0 Å². The van der Waals surface area contributed by atoms with Crippen molar-refractivity contribution in [3.63, 3.8) is 0 Å². The Balaban J connectivity index is 1.22. The lowest BCUT2D eigenvalue weighted by molar-refractivity contribution is -0.123. The second-order valence-electron chi connectivity index (χ2n) is 9.37. The number of carbonyl (C=O) groups excluding carboxylic acids is 2. The first kappa shape index (κ1) is 23.1. The van der Waals surface area contributed by atoms with E-state index in [1.165, 1.54) is 31.5 Å². The monoisotopic (exact) mass is 480 g/mol. The summed E-state index contributed by atoms with van der Waals surface area (Å²) in [7, 11) is 1.61. The van der Waals surface area contributed by atoms with Gasteiger partial charge in [0, 0.05) is 34.8 Å². The van der Waals surface area contributed by atoms with E-state index in [1.54, 1.807) is 43.1 Å². The van der Waals surface area contributed by atoms with Crippen molar-refractivity contribution in [3.05, 3.63) is 48.0 Å². The number of ether oxygens (including phenoxy) is 1. The Morgan fingerprint density at radius 2 is 1.76 bits per heavy atom. The number of anilines is 2. The second-order valence-corrected chi connectivity index (χ2v) is 10.5. The highest BCUT2D eigenvalue weighted by molar-refractivity contribution is 8.01. The lowest BCUT2D eigenvalue weighted by Gasteiger charge is -2.45. The zero-order chi connectivity index (χ0) is 23.7. The van der Waals surface area contributed by atoms with E-state index in [2.05, 4.69) is 33.8 Å². The largest absolute Gasteiger partial charge is 0.497 e. The maximum absolute atomic E-state index is 13.3. The summed E-state index contributed by atoms with van der Waals surface area (Å²) in [5.41, 5.74) is 2.59. The highest BCUT2D eigenvalue weighted by Crippen LogP contribution is 2.48. The van der Waals surface area contributed by atoms with Gasteiger partial charge in [0.2, 0.25) is 5.91 Å². The normalized spacial score (nSPS) is 27.1. The van der Waals surface area contributed by atoms with Gasteiger partial charge in [0.1, 0.15) is 5.75 Å². The summed E-state index contributed by atoms with van der Waals surface area (Å²) < 4.78 is 5.15. The Morgan fingerprint density at radius 1 is 1.06 bits per heavy atom. The molecule has 4 aliphatic rings. The molecule has 0 saturated carbocycles. The Hall–Kier alpha value is -2.71. The van der Waals surface area contributed by atoms with Gasteiger partial charge in [0.05, 0.1) is 12.4 Å². The van der Waals surface area contributed by atoms with E-state index in [4.69, 9.17) is 4.74 Å². The first-order valence-corrected chi connectivity index (χ1v) is 13.0. The maximum Gasteiger partial charge on any atom is 0.323 e. The molecule has 3 amide bonds. The number of hydrogen-bond donors (Lipinski definition) is 3. The predicted molar refractivity (Wildman–Crippen MR) is 136 cm³/mol. The first-order chi connectivity index (χ1) is 16.5. The van der Waals surface area contributed by atoms with Crippen molar-refractivity contribution in [2.24, 2.45) is 5.92 Å². The van der Waals surface area contributed by atoms with Crippen LogP contribution in [0.1, 0.15) is 37.7 Å². The zero-order valence-electron chi connectivity index (χ0n) is 19.7. The summed E-state index contributed by atoms with van der Waals surface area (Å²) in [4.78, 5) is 29.3. The number of nitrogens with zero attached hydrogens (tertiary/aromatic N) is 1. The first-order valence-electron chi connectivity index (χ1n) is 12.1. The van der Waals surface area contributed by atoms with Crippen LogP contribution in [0.4, 0.5) is 16.2 Å². The third-order valence-corrected chi connectivity index (χ3v) is 8.72. The number of thioether (sulfide) groups is 1. The SMILES string of the molecule is CCC1c2ccc(NC(=O)Nc3ccc(OC)cc3)cc2SC1C(=O)N[C@H]1CN2CCC1CC2. The summed E-state index contributed by atoms with van der Waals surface area (Å²) in [5, 5.41) is 9.00. The van der Waals surface area contributed by atoms with Crippen molar-refractivity contribution in [2.75, 3.05) is 37.4 Å². The number of hydrogen-bond acceptors (Lipinski definition) is 5. The minimum Gasteiger partial charge on any atom is -0.497 e. The summed E-state index contributed by atoms with van der Waals surface area (Å²) in [5.74, 6) is 1.68. The van der Waals surface area contributed by atoms with E-state index in [1.807, 2.05) is 12.1 Å². The Bertz CT molecular complexity index is 1050. The van der Waals surface area contributed by atoms with E-state index in [9.17, 15) is 9.59 Å². The van der Waals surface area contributed by atoms with Crippen LogP contribution in [0.2, 0.25) is 0 Å². The molecule has 180 valence electrons. The van der Waals surface area contributed by atoms with Crippen LogP contribution in [0.5, 0.6) is 5.75 Å². The maximum atomic E-state index is 13.3. The van der Waals surface area contributed by atoms with Crippen LogP contribution in [-0.2, 0) is 4.79 Å². The number of urea groups is 1. The topological polar surface area (TPSA) is 82.7 Å². The molecule has 3 saturated heterocycles. The quantitative estimate of drug-likeness (QED) is 0.566. The molecule has 0 aromatic heterocycles. The molecule has 2 aromatic rings. The lowest BCUT2D eigenvalue weighted by Crippen LogP contribution is -2.58. The fourth-order valence-corrected chi connectivity index (χ4v) is 6.94. The van der Waals surface area contributed by atoms with Crippen LogP contribution < -0.4 is 20.7 Å². The molecule has 0 aliphatic carbocycles. The van der Waals surface area contributed by atoms with Crippen LogP contribution >= 0.6 is 11.8 Å². The molecule has 3 fully saturated rings. The fraction of sp³-hybridized carbons (Fsp3) is 0.462. The molecule has 8 heteroatoms. The number of fused-ring (bicyclic) bond motifs is 4. The van der Waals surface area contributed by atoms with Crippen LogP contribution in [0, 0.1) is 5.92 Å². The number of benzene rings is 2. The number of carbonyl (C=O) groups is 2. The van der Waals surface area contributed by atoms with Gasteiger partial charge in [0.15, 0.2) is 0 Å². The van der Waals surface area contributed by atoms with E-state index >= 15 is 0 Å². The number of rotatable bonds is 6. The number of nitrogens with one attached hydrogen (secondary N) is 3. The van der Waals surface area contributed by atoms with Gasteiger partial charge in [-0.05, 0) is 80.2 Å². The van der Waals surface area contributed by atoms with Crippen LogP contribution in [-0.4, -0.2) is 54.9 Å². The number of methoxy groups -OCH3 is 1. The van der Waals surface area contributed by atoms with Crippen molar-refractivity contribution < 1.29 is 14.3 Å². The van der Waals surface area contributed by atoms with Gasteiger partial charge >= 0.3 is 6.03 Å². The summed E-state index contributed by atoms with van der Waals surface area (Å²) in [6, 6.07) is 13.1. The summed E-state index contributed by atoms with van der Waals surface area (Å²) in [6.07, 6.45) is 3.28. The van der Waals surface area contributed by atoms with E-state index < -0.39 is 0 Å². The van der Waals surface area contributed by atoms with Crippen molar-refractivity contribution in [2.45, 2.75) is 48.3 Å². The summed E-state index contributed by atoms with van der Waals surface area (Å²) in [6.45, 7) is 5.46. The average molecular weight is 481 g/mol. The molecule has 3 N–H and O–H groups in total. The van der Waals surface area contributed by atoms with Gasteiger partial charge in [-0.15, -0.1) is 11.8 Å². The molecule has 4 heterocycles. The Labute approximate surface area is 205 Å². The molecule has 4 aliphatic heterocycles. The Morgan fingerprint density at radius 3 is 2.41 bits per heavy atom. The van der Waals surface area contributed by atoms with Crippen LogP contribution in [0.3, 0.4) is 0 Å². The zero-order valence-corrected chi connectivity index (χ0v) is 20.5. The van der Waals surface area contributed by atoms with E-state index in [0.717, 1.165) is 23.6 Å². The number of piperidine rings is 3. The summed E-state index contributed by atoms with van der Waals surface area (Å²) >= 11 is 1.62. The molecule has 2 bridgehead atoms. The third kappa shape index (κ3) is 4.74. The highest BCUT2D eigenvalue weighted by Gasteiger charge is 2.40. The smallest absolute Gasteiger partial charge is 0.323 e. The molecule has 2 unspecified atom stereocenters. The van der Waals surface area contributed by atoms with Crippen LogP contribution in [0.15, 0.2) is 47.4 Å². The minimum absolute atomic E-state index is 0.126. The molecular weight excluding hydrogens is 448 g/mol. The molecule has 6 rings (SSSR count). The highest BCUT2D eigenvalue weighted by atomic mass is 32.2. The molecule has 34 heavy (non-hydrogen) atoms. The van der Waals surface area contributed by atoms with Gasteiger partial charge in [-0.25, -0.2) is 4.79 Å². The van der Waals surface area contributed by atoms with Gasteiger partial charge in [-0.2, -0.15) is 0 Å². The van der Waals surface area contributed by atoms with Crippen molar-refractivity contribution >= 4 is 35.1 Å². The third-order valence-electron chi connectivity index (χ3n) is 7.32. The van der Waals surface area contributed by atoms with Crippen molar-refractivity contribution in [1.82, 2.24) is 10.2 Å². The van der Waals surface area contributed by atoms with Gasteiger partial charge in [0.25, 0.3) is 0 Å². The predicted octanol–water partition coefficient (Wildman–Crippen LogP) is 4.52.